The van der Waals surface area contributed by atoms with E-state index in [0.29, 0.717) is 0 Å². The van der Waals surface area contributed by atoms with Crippen LogP contribution >= 0.6 is 0 Å². The van der Waals surface area contributed by atoms with Crippen molar-refractivity contribution in [2.75, 3.05) is 7.05 Å². The zero-order chi connectivity index (χ0) is 14.7. The molecule has 0 spiro atoms. The highest BCUT2D eigenvalue weighted by molar-refractivity contribution is 5.35. The fraction of sp³-hybridized carbons (Fsp3) is 0.250. The first-order chi connectivity index (χ1) is 9.58. The van der Waals surface area contributed by atoms with Gasteiger partial charge < -0.3 is 5.32 Å². The SMILES string of the molecule is CCc1ccc(C(NC)c2ccc(F)c(F)c2F)cc1. The monoisotopic (exact) mass is 279 g/mol. The number of hydrogen-bond donors (Lipinski definition) is 1. The molecule has 106 valence electrons. The van der Waals surface area contributed by atoms with Gasteiger partial charge in [0.25, 0.3) is 0 Å². The second-order valence-electron chi connectivity index (χ2n) is 4.58. The van der Waals surface area contributed by atoms with Crippen LogP contribution in [0.5, 0.6) is 0 Å². The van der Waals surface area contributed by atoms with Gasteiger partial charge in [-0.2, -0.15) is 0 Å². The minimum Gasteiger partial charge on any atom is -0.309 e. The predicted octanol–water partition coefficient (Wildman–Crippen LogP) is 3.98. The zero-order valence-corrected chi connectivity index (χ0v) is 11.4. The van der Waals surface area contributed by atoms with E-state index in [4.69, 9.17) is 0 Å². The van der Waals surface area contributed by atoms with Gasteiger partial charge in [-0.3, -0.25) is 0 Å². The van der Waals surface area contributed by atoms with Crippen LogP contribution in [0.2, 0.25) is 0 Å². The highest BCUT2D eigenvalue weighted by Crippen LogP contribution is 2.26. The number of aryl methyl sites for hydroxylation is 1. The molecule has 0 saturated carbocycles. The molecular weight excluding hydrogens is 263 g/mol. The molecule has 0 aliphatic rings. The molecule has 0 amide bonds. The highest BCUT2D eigenvalue weighted by Gasteiger charge is 2.21. The predicted molar refractivity (Wildman–Crippen MR) is 73.0 cm³/mol. The Kier molecular flexibility index (Phi) is 4.45. The Morgan fingerprint density at radius 2 is 1.60 bits per heavy atom. The molecule has 0 fully saturated rings. The van der Waals surface area contributed by atoms with Crippen LogP contribution < -0.4 is 5.32 Å². The molecule has 1 N–H and O–H groups in total. The molecule has 4 heteroatoms. The summed E-state index contributed by atoms with van der Waals surface area (Å²) in [6.45, 7) is 2.04. The third-order valence-electron chi connectivity index (χ3n) is 3.39. The number of hydrogen-bond acceptors (Lipinski definition) is 1. The fourth-order valence-electron chi connectivity index (χ4n) is 2.21. The second-order valence-corrected chi connectivity index (χ2v) is 4.58. The van der Waals surface area contributed by atoms with Crippen molar-refractivity contribution in [2.45, 2.75) is 19.4 Å². The van der Waals surface area contributed by atoms with E-state index < -0.39 is 23.5 Å². The fourth-order valence-corrected chi connectivity index (χ4v) is 2.21. The lowest BCUT2D eigenvalue weighted by molar-refractivity contribution is 0.435. The van der Waals surface area contributed by atoms with Crippen molar-refractivity contribution in [3.63, 3.8) is 0 Å². The molecule has 0 aliphatic heterocycles. The molecular formula is C16H16F3N. The van der Waals surface area contributed by atoms with Gasteiger partial charge >= 0.3 is 0 Å². The molecule has 0 heterocycles. The lowest BCUT2D eigenvalue weighted by Gasteiger charge is -2.18. The molecule has 0 bridgehead atoms. The van der Waals surface area contributed by atoms with E-state index in [-0.39, 0.29) is 5.56 Å². The Bertz CT molecular complexity index is 593. The Balaban J connectivity index is 2.44. The lowest BCUT2D eigenvalue weighted by Crippen LogP contribution is -2.19. The lowest BCUT2D eigenvalue weighted by atomic mass is 9.97. The Hall–Kier alpha value is -1.81. The number of nitrogens with one attached hydrogen (secondary N) is 1. The van der Waals surface area contributed by atoms with Crippen molar-refractivity contribution in [1.82, 2.24) is 5.32 Å². The maximum Gasteiger partial charge on any atom is 0.194 e. The number of rotatable bonds is 4. The summed E-state index contributed by atoms with van der Waals surface area (Å²) >= 11 is 0. The molecule has 2 aromatic rings. The molecule has 1 unspecified atom stereocenters. The average Bonchev–Trinajstić information content (AvgIpc) is 2.48. The van der Waals surface area contributed by atoms with Crippen molar-refractivity contribution in [2.24, 2.45) is 0 Å². The Morgan fingerprint density at radius 1 is 0.950 bits per heavy atom. The van der Waals surface area contributed by atoms with Crippen LogP contribution in [0.25, 0.3) is 0 Å². The van der Waals surface area contributed by atoms with Gasteiger partial charge in [-0.15, -0.1) is 0 Å². The topological polar surface area (TPSA) is 12.0 Å². The van der Waals surface area contributed by atoms with Crippen LogP contribution in [-0.2, 0) is 6.42 Å². The largest absolute Gasteiger partial charge is 0.309 e. The van der Waals surface area contributed by atoms with E-state index in [9.17, 15) is 13.2 Å². The van der Waals surface area contributed by atoms with Gasteiger partial charge in [-0.1, -0.05) is 37.3 Å². The van der Waals surface area contributed by atoms with Gasteiger partial charge in [0.15, 0.2) is 17.5 Å². The molecule has 0 aromatic heterocycles. The van der Waals surface area contributed by atoms with E-state index in [0.717, 1.165) is 23.6 Å². The first-order valence-corrected chi connectivity index (χ1v) is 6.48. The van der Waals surface area contributed by atoms with Crippen molar-refractivity contribution in [1.29, 1.82) is 0 Å². The summed E-state index contributed by atoms with van der Waals surface area (Å²) < 4.78 is 40.2. The van der Waals surface area contributed by atoms with Gasteiger partial charge in [-0.25, -0.2) is 13.2 Å². The summed E-state index contributed by atoms with van der Waals surface area (Å²) in [7, 11) is 1.65. The van der Waals surface area contributed by atoms with Crippen LogP contribution in [0.4, 0.5) is 13.2 Å². The maximum absolute atomic E-state index is 13.9. The van der Waals surface area contributed by atoms with Crippen LogP contribution in [0.1, 0.15) is 29.7 Å². The van der Waals surface area contributed by atoms with Crippen LogP contribution in [0.3, 0.4) is 0 Å². The summed E-state index contributed by atoms with van der Waals surface area (Å²) in [6, 6.07) is 9.30. The van der Waals surface area contributed by atoms with Crippen molar-refractivity contribution in [3.8, 4) is 0 Å². The minimum atomic E-state index is -1.44. The maximum atomic E-state index is 13.9. The molecule has 0 radical (unpaired) electrons. The van der Waals surface area contributed by atoms with Gasteiger partial charge in [-0.05, 0) is 30.7 Å². The standard InChI is InChI=1S/C16H16F3N/c1-3-10-4-6-11(7-5-10)16(20-2)12-8-9-13(17)15(19)14(12)18/h4-9,16,20H,3H2,1-2H3. The third-order valence-corrected chi connectivity index (χ3v) is 3.39. The Labute approximate surface area is 116 Å². The van der Waals surface area contributed by atoms with Gasteiger partial charge in [0.05, 0.1) is 6.04 Å². The molecule has 1 nitrogen and oxygen atoms in total. The quantitative estimate of drug-likeness (QED) is 0.835. The Morgan fingerprint density at radius 3 is 2.15 bits per heavy atom. The minimum absolute atomic E-state index is 0.0932. The van der Waals surface area contributed by atoms with Crippen LogP contribution in [-0.4, -0.2) is 7.05 Å². The normalized spacial score (nSPS) is 12.4. The van der Waals surface area contributed by atoms with Crippen LogP contribution in [0, 0.1) is 17.5 Å². The van der Waals surface area contributed by atoms with Gasteiger partial charge in [0.2, 0.25) is 0 Å². The first kappa shape index (κ1) is 14.6. The molecule has 20 heavy (non-hydrogen) atoms. The van der Waals surface area contributed by atoms with Gasteiger partial charge in [0.1, 0.15) is 0 Å². The van der Waals surface area contributed by atoms with E-state index in [1.165, 1.54) is 6.07 Å². The average molecular weight is 279 g/mol. The van der Waals surface area contributed by atoms with E-state index in [1.807, 2.05) is 31.2 Å². The summed E-state index contributed by atoms with van der Waals surface area (Å²) in [6.07, 6.45) is 0.907. The summed E-state index contributed by atoms with van der Waals surface area (Å²) in [4.78, 5) is 0. The summed E-state index contributed by atoms with van der Waals surface area (Å²) in [5.41, 5.74) is 2.06. The van der Waals surface area contributed by atoms with Crippen molar-refractivity contribution >= 4 is 0 Å². The molecule has 2 rings (SSSR count). The summed E-state index contributed by atoms with van der Waals surface area (Å²) in [5.74, 6) is -3.76. The van der Waals surface area contributed by atoms with E-state index >= 15 is 0 Å². The highest BCUT2D eigenvalue weighted by atomic mass is 19.2. The van der Waals surface area contributed by atoms with E-state index in [1.54, 1.807) is 7.05 Å². The molecule has 0 saturated heterocycles. The van der Waals surface area contributed by atoms with Crippen LogP contribution in [0.15, 0.2) is 36.4 Å². The number of benzene rings is 2. The molecule has 1 atom stereocenters. The zero-order valence-electron chi connectivity index (χ0n) is 11.4. The molecule has 2 aromatic carbocycles. The smallest absolute Gasteiger partial charge is 0.194 e. The molecule has 0 aliphatic carbocycles. The van der Waals surface area contributed by atoms with E-state index in [2.05, 4.69) is 5.32 Å². The second kappa shape index (κ2) is 6.09. The van der Waals surface area contributed by atoms with Gasteiger partial charge in [0, 0.05) is 5.56 Å². The number of halogens is 3. The third kappa shape index (κ3) is 2.70. The summed E-state index contributed by atoms with van der Waals surface area (Å²) in [5, 5.41) is 2.93. The van der Waals surface area contributed by atoms with Crippen molar-refractivity contribution < 1.29 is 13.2 Å². The first-order valence-electron chi connectivity index (χ1n) is 6.48. The van der Waals surface area contributed by atoms with Crippen molar-refractivity contribution in [3.05, 3.63) is 70.5 Å².